The van der Waals surface area contributed by atoms with Crippen LogP contribution in [-0.4, -0.2) is 92.6 Å². The number of benzene rings is 5. The van der Waals surface area contributed by atoms with Crippen LogP contribution in [0.5, 0.6) is 11.5 Å². The molecule has 0 bridgehead atoms. The Kier molecular flexibility index (Phi) is 13.6. The Morgan fingerprint density at radius 2 is 1.57 bits per heavy atom. The molecule has 12 nitrogen and oxygen atoms in total. The van der Waals surface area contributed by atoms with E-state index >= 15 is 4.79 Å². The molecule has 1 fully saturated rings. The lowest BCUT2D eigenvalue weighted by atomic mass is 9.82. The highest BCUT2D eigenvalue weighted by Gasteiger charge is 2.67. The molecule has 5 aromatic carbocycles. The zero-order valence-corrected chi connectivity index (χ0v) is 40.8. The van der Waals surface area contributed by atoms with Crippen LogP contribution in [0.1, 0.15) is 60.9 Å². The Balaban J connectivity index is 1.17. The average molecular weight is 937 g/mol. The fraction of sp³-hybridized carbons (Fsp3) is 0.400. The molecule has 13 heteroatoms. The van der Waals surface area contributed by atoms with E-state index in [0.717, 1.165) is 51.0 Å². The van der Waals surface area contributed by atoms with E-state index in [9.17, 15) is 19.8 Å². The van der Waals surface area contributed by atoms with Crippen LogP contribution in [0.2, 0.25) is 18.6 Å². The third kappa shape index (κ3) is 8.53. The number of anilines is 3. The Morgan fingerprint density at radius 1 is 0.853 bits per heavy atom. The molecule has 356 valence electrons. The molecule has 0 radical (unpaired) electrons. The van der Waals surface area contributed by atoms with Gasteiger partial charge in [-0.15, -0.1) is 0 Å². The van der Waals surface area contributed by atoms with Gasteiger partial charge in [-0.2, -0.15) is 0 Å². The molecule has 0 aliphatic carbocycles. The normalized spacial score (nSPS) is 23.2. The summed E-state index contributed by atoms with van der Waals surface area (Å²) >= 11 is 0. The van der Waals surface area contributed by atoms with Gasteiger partial charge in [0.1, 0.15) is 11.5 Å². The number of ether oxygens (including phenoxy) is 3. The van der Waals surface area contributed by atoms with Crippen LogP contribution in [0.25, 0.3) is 0 Å². The number of rotatable bonds is 16. The topological polar surface area (TPSA) is 141 Å². The third-order valence-corrected chi connectivity index (χ3v) is 19.4. The second-order valence-electron chi connectivity index (χ2n) is 19.3. The Bertz CT molecular complexity index is 2640. The quantitative estimate of drug-likeness (QED) is 0.0696. The van der Waals surface area contributed by atoms with Crippen LogP contribution in [0.4, 0.5) is 17.1 Å². The molecule has 5 aromatic rings. The molecule has 4 aliphatic rings. The van der Waals surface area contributed by atoms with Crippen molar-refractivity contribution in [2.24, 2.45) is 5.92 Å². The fourth-order valence-corrected chi connectivity index (χ4v) is 15.6. The van der Waals surface area contributed by atoms with Crippen molar-refractivity contribution in [3.05, 3.63) is 143 Å². The number of carbonyl (C=O) groups excluding carboxylic acids is 3. The van der Waals surface area contributed by atoms with Gasteiger partial charge < -0.3 is 39.5 Å². The lowest BCUT2D eigenvalue weighted by Crippen LogP contribution is -2.52. The van der Waals surface area contributed by atoms with E-state index < -0.39 is 37.8 Å². The zero-order valence-electron chi connectivity index (χ0n) is 39.8. The predicted octanol–water partition coefficient (Wildman–Crippen LogP) is 7.14. The third-order valence-electron chi connectivity index (χ3n) is 15.0. The van der Waals surface area contributed by atoms with E-state index in [2.05, 4.69) is 43.5 Å². The summed E-state index contributed by atoms with van der Waals surface area (Å²) in [6, 6.07) is 36.9. The van der Waals surface area contributed by atoms with Crippen molar-refractivity contribution in [2.75, 3.05) is 43.3 Å². The molecular weight excluding hydrogens is 873 g/mol. The van der Waals surface area contributed by atoms with Crippen LogP contribution in [0.3, 0.4) is 0 Å². The van der Waals surface area contributed by atoms with Gasteiger partial charge >= 0.3 is 0 Å². The van der Waals surface area contributed by atoms with Crippen molar-refractivity contribution in [1.29, 1.82) is 0 Å². The van der Waals surface area contributed by atoms with Crippen molar-refractivity contribution in [3.63, 3.8) is 0 Å². The fourth-order valence-electron chi connectivity index (χ4n) is 11.6. The van der Waals surface area contributed by atoms with Crippen LogP contribution < -0.4 is 29.8 Å². The first-order valence-corrected chi connectivity index (χ1v) is 27.2. The molecule has 4 aliphatic heterocycles. The number of nitrogens with zero attached hydrogens (tertiary/aromatic N) is 3. The van der Waals surface area contributed by atoms with Crippen LogP contribution in [0, 0.1) is 5.92 Å². The summed E-state index contributed by atoms with van der Waals surface area (Å²) in [5.74, 6) is 0.597. The minimum Gasteiger partial charge on any atom is -0.497 e. The number of nitrogens with one attached hydrogen (secondary N) is 1. The van der Waals surface area contributed by atoms with E-state index in [1.54, 1.807) is 16.9 Å². The molecule has 68 heavy (non-hydrogen) atoms. The monoisotopic (exact) mass is 936 g/mol. The average Bonchev–Trinajstić information content (AvgIpc) is 3.78. The number of carbonyl (C=O) groups is 3. The summed E-state index contributed by atoms with van der Waals surface area (Å²) in [6.45, 7) is 10.3. The van der Waals surface area contributed by atoms with Gasteiger partial charge in [0.15, 0.2) is 5.60 Å². The molecular formula is C55H64N4O8Si. The molecule has 4 heterocycles. The van der Waals surface area contributed by atoms with E-state index in [1.807, 2.05) is 109 Å². The first kappa shape index (κ1) is 47.2. The Morgan fingerprint density at radius 3 is 2.29 bits per heavy atom. The smallest absolute Gasteiger partial charge is 0.264 e. The highest BCUT2D eigenvalue weighted by molar-refractivity contribution is 6.91. The number of unbranched alkanes of at least 4 members (excludes halogenated alkanes) is 1. The number of aliphatic hydroxyl groups excluding tert-OH is 2. The number of aliphatic hydroxyl groups is 2. The second kappa shape index (κ2) is 19.6. The van der Waals surface area contributed by atoms with E-state index in [1.165, 1.54) is 0 Å². The van der Waals surface area contributed by atoms with Gasteiger partial charge in [0.25, 0.3) is 5.91 Å². The van der Waals surface area contributed by atoms with Gasteiger partial charge in [0, 0.05) is 30.3 Å². The first-order chi connectivity index (χ1) is 32.9. The number of methoxy groups -OCH3 is 1. The highest BCUT2D eigenvalue weighted by atomic mass is 28.3. The van der Waals surface area contributed by atoms with Crippen LogP contribution >= 0.6 is 0 Å². The molecule has 3 N–H and O–H groups in total. The molecule has 0 saturated carbocycles. The lowest BCUT2D eigenvalue weighted by Gasteiger charge is -2.39. The maximum absolute atomic E-state index is 15.9. The second-order valence-corrected chi connectivity index (χ2v) is 24.0. The van der Waals surface area contributed by atoms with Crippen molar-refractivity contribution in [3.8, 4) is 11.5 Å². The number of amides is 3. The summed E-state index contributed by atoms with van der Waals surface area (Å²) in [5.41, 5.74) is 5.05. The largest absolute Gasteiger partial charge is 0.497 e. The Hall–Kier alpha value is -5.83. The van der Waals surface area contributed by atoms with E-state index in [0.29, 0.717) is 62.4 Å². The standard InChI is InChI=1S/C55H64N4O8Si/c1-6-66-44-21-25-48-40(29-44)30-47(56-26-12-13-27-60)53(63)59(48)41-18-24-49-46(31-41)55(54(64)58(49)33-37-14-8-7-9-15-37)36(2)52(68(4,5)45-22-19-43(65-3)20-23-45)50(67-55)32-51(62)57-34-39-17-11-10-16-38(39)28-42(57)35-61/h7-11,14-25,29,31,36,42,47,50,52,56,60-61H,6,12-13,26-28,30,32-35H2,1-5H3/t36-,42-,47?,50+,52-,55+/m0/s1. The lowest BCUT2D eigenvalue weighted by molar-refractivity contribution is -0.151. The summed E-state index contributed by atoms with van der Waals surface area (Å²) in [4.78, 5) is 51.1. The number of fused-ring (bicyclic) bond motifs is 4. The molecule has 1 unspecified atom stereocenters. The van der Waals surface area contributed by atoms with E-state index in [-0.39, 0.29) is 42.9 Å². The van der Waals surface area contributed by atoms with Crippen LogP contribution in [-0.2, 0) is 50.7 Å². The van der Waals surface area contributed by atoms with Crippen LogP contribution in [0.15, 0.2) is 115 Å². The maximum Gasteiger partial charge on any atom is 0.264 e. The molecule has 3 amide bonds. The van der Waals surface area contributed by atoms with Gasteiger partial charge in [-0.25, -0.2) is 0 Å². The maximum atomic E-state index is 15.9. The molecule has 9 rings (SSSR count). The summed E-state index contributed by atoms with van der Waals surface area (Å²) in [6.07, 6.45) is 1.71. The zero-order chi connectivity index (χ0) is 47.7. The van der Waals surface area contributed by atoms with Crippen molar-refractivity contribution >= 4 is 48.0 Å². The van der Waals surface area contributed by atoms with Gasteiger partial charge in [-0.3, -0.25) is 19.3 Å². The van der Waals surface area contributed by atoms with E-state index in [4.69, 9.17) is 14.2 Å². The summed E-state index contributed by atoms with van der Waals surface area (Å²) < 4.78 is 19.0. The van der Waals surface area contributed by atoms with Gasteiger partial charge in [0.05, 0.1) is 70.9 Å². The minimum absolute atomic E-state index is 0.0206. The van der Waals surface area contributed by atoms with Gasteiger partial charge in [-0.05, 0) is 115 Å². The molecule has 6 atom stereocenters. The Labute approximate surface area is 400 Å². The van der Waals surface area contributed by atoms with Crippen molar-refractivity contribution in [1.82, 2.24) is 10.2 Å². The highest BCUT2D eigenvalue weighted by Crippen LogP contribution is 2.61. The summed E-state index contributed by atoms with van der Waals surface area (Å²) in [5, 5.41) is 24.8. The minimum atomic E-state index is -2.66. The van der Waals surface area contributed by atoms with Crippen molar-refractivity contribution < 1.29 is 38.8 Å². The SMILES string of the molecule is CCOc1ccc2c(c1)CC(NCCCCO)C(=O)N2c1ccc2c(c1)[C@@]1(O[C@H](CC(=O)N3Cc4ccccc4C[C@H]3CO)[C@@H]([Si](C)(C)c3ccc(OC)cc3)[C@@H]1C)C(=O)N2Cc1ccccc1. The number of hydrogen-bond donors (Lipinski definition) is 3. The van der Waals surface area contributed by atoms with Gasteiger partial charge in [-0.1, -0.05) is 91.9 Å². The van der Waals surface area contributed by atoms with Crippen molar-refractivity contribution in [2.45, 2.75) is 101 Å². The summed E-state index contributed by atoms with van der Waals surface area (Å²) in [7, 11) is -1.01. The molecule has 1 saturated heterocycles. The predicted molar refractivity (Wildman–Crippen MR) is 266 cm³/mol. The molecule has 0 aromatic heterocycles. The first-order valence-electron chi connectivity index (χ1n) is 24.2. The molecule has 1 spiro atoms. The number of hydrogen-bond acceptors (Lipinski definition) is 9. The van der Waals surface area contributed by atoms with Gasteiger partial charge in [0.2, 0.25) is 11.8 Å².